The number of hydrogen-bond acceptors (Lipinski definition) is 6. The number of benzene rings is 1. The van der Waals surface area contributed by atoms with Crippen molar-refractivity contribution in [2.24, 2.45) is 0 Å². The van der Waals surface area contributed by atoms with E-state index in [-0.39, 0.29) is 12.0 Å². The Balaban J connectivity index is 1.35. The van der Waals surface area contributed by atoms with Gasteiger partial charge in [0.1, 0.15) is 12.4 Å². The van der Waals surface area contributed by atoms with E-state index in [2.05, 4.69) is 10.3 Å². The molecule has 0 radical (unpaired) electrons. The van der Waals surface area contributed by atoms with E-state index in [1.54, 1.807) is 23.5 Å². The highest BCUT2D eigenvalue weighted by atomic mass is 32.1. The normalized spacial score (nSPS) is 16.4. The lowest BCUT2D eigenvalue weighted by atomic mass is 10.2. The Hall–Kier alpha value is -1.96. The summed E-state index contributed by atoms with van der Waals surface area (Å²) in [6, 6.07) is 7.20. The number of nitrogens with one attached hydrogen (secondary N) is 1. The molecule has 0 bridgehead atoms. The Morgan fingerprint density at radius 1 is 1.44 bits per heavy atom. The van der Waals surface area contributed by atoms with Crippen LogP contribution in [0.3, 0.4) is 0 Å². The first-order valence-electron chi connectivity index (χ1n) is 9.32. The molecule has 1 atom stereocenters. The Labute approximate surface area is 163 Å². The van der Waals surface area contributed by atoms with Gasteiger partial charge in [-0.25, -0.2) is 4.98 Å². The van der Waals surface area contributed by atoms with E-state index in [9.17, 15) is 4.79 Å². The van der Waals surface area contributed by atoms with Gasteiger partial charge in [0.2, 0.25) is 0 Å². The molecular formula is C20H26N2O4S. The molecule has 27 heavy (non-hydrogen) atoms. The van der Waals surface area contributed by atoms with Gasteiger partial charge in [-0.2, -0.15) is 0 Å². The number of nitrogens with zero attached hydrogens (tertiary/aromatic N) is 1. The molecule has 3 rings (SSSR count). The molecule has 1 aromatic heterocycles. The molecule has 1 aliphatic rings. The Kier molecular flexibility index (Phi) is 7.62. The van der Waals surface area contributed by atoms with Crippen LogP contribution in [0.15, 0.2) is 29.6 Å². The molecule has 1 N–H and O–H groups in total. The minimum Gasteiger partial charge on any atom is -0.487 e. The van der Waals surface area contributed by atoms with Crippen LogP contribution in [0.4, 0.5) is 0 Å². The fraction of sp³-hybridized carbons (Fsp3) is 0.500. The zero-order valence-corrected chi connectivity index (χ0v) is 16.4. The maximum atomic E-state index is 12.3. The second kappa shape index (κ2) is 10.4. The topological polar surface area (TPSA) is 69.7 Å². The van der Waals surface area contributed by atoms with Crippen molar-refractivity contribution >= 4 is 17.2 Å². The van der Waals surface area contributed by atoms with Crippen molar-refractivity contribution in [2.45, 2.75) is 38.9 Å². The molecule has 0 aliphatic carbocycles. The van der Waals surface area contributed by atoms with Gasteiger partial charge < -0.3 is 19.5 Å². The average Bonchev–Trinajstić information content (AvgIpc) is 3.34. The van der Waals surface area contributed by atoms with E-state index in [1.807, 2.05) is 24.4 Å². The summed E-state index contributed by atoms with van der Waals surface area (Å²) in [5.74, 6) is 0.553. The van der Waals surface area contributed by atoms with Gasteiger partial charge in [0.25, 0.3) is 5.91 Å². The Morgan fingerprint density at radius 2 is 2.37 bits per heavy atom. The van der Waals surface area contributed by atoms with Crippen LogP contribution < -0.4 is 10.1 Å². The largest absolute Gasteiger partial charge is 0.487 e. The summed E-state index contributed by atoms with van der Waals surface area (Å²) in [7, 11) is 0. The summed E-state index contributed by atoms with van der Waals surface area (Å²) >= 11 is 1.60. The molecule has 1 fully saturated rings. The standard InChI is InChI=1S/C20H26N2O4S/c1-15-22-17(14-27-15)12-26-18-6-2-5-16(11-18)20(23)21-8-4-9-24-13-19-7-3-10-25-19/h2,5-6,11,14,19H,3-4,7-10,12-13H2,1H3,(H,21,23). The van der Waals surface area contributed by atoms with Crippen LogP contribution in [-0.2, 0) is 16.1 Å². The first-order valence-corrected chi connectivity index (χ1v) is 10.2. The smallest absolute Gasteiger partial charge is 0.251 e. The van der Waals surface area contributed by atoms with E-state index in [0.717, 1.165) is 36.6 Å². The first kappa shape index (κ1) is 19.8. The number of aryl methyl sites for hydroxylation is 1. The SMILES string of the molecule is Cc1nc(COc2cccc(C(=O)NCCCOCC3CCCO3)c2)cs1. The lowest BCUT2D eigenvalue weighted by Crippen LogP contribution is -2.25. The van der Waals surface area contributed by atoms with Crippen molar-refractivity contribution in [3.8, 4) is 5.75 Å². The number of carbonyl (C=O) groups is 1. The van der Waals surface area contributed by atoms with E-state index >= 15 is 0 Å². The van der Waals surface area contributed by atoms with Crippen molar-refractivity contribution in [1.82, 2.24) is 10.3 Å². The number of amides is 1. The molecule has 2 heterocycles. The number of hydrogen-bond donors (Lipinski definition) is 1. The maximum absolute atomic E-state index is 12.3. The van der Waals surface area contributed by atoms with Crippen molar-refractivity contribution in [3.63, 3.8) is 0 Å². The van der Waals surface area contributed by atoms with Crippen LogP contribution in [0.5, 0.6) is 5.75 Å². The number of rotatable bonds is 10. The van der Waals surface area contributed by atoms with Crippen LogP contribution >= 0.6 is 11.3 Å². The van der Waals surface area contributed by atoms with Gasteiger partial charge in [-0.15, -0.1) is 11.3 Å². The third kappa shape index (κ3) is 6.61. The summed E-state index contributed by atoms with van der Waals surface area (Å²) in [5, 5.41) is 5.91. The van der Waals surface area contributed by atoms with Gasteiger partial charge in [-0.05, 0) is 44.4 Å². The highest BCUT2D eigenvalue weighted by Gasteiger charge is 2.15. The minimum atomic E-state index is -0.107. The zero-order chi connectivity index (χ0) is 18.9. The van der Waals surface area contributed by atoms with Gasteiger partial charge in [0.05, 0.1) is 23.4 Å². The van der Waals surface area contributed by atoms with Gasteiger partial charge >= 0.3 is 0 Å². The second-order valence-electron chi connectivity index (χ2n) is 6.49. The molecule has 2 aromatic rings. The highest BCUT2D eigenvalue weighted by Crippen LogP contribution is 2.16. The number of aromatic nitrogens is 1. The predicted molar refractivity (Wildman–Crippen MR) is 104 cm³/mol. The summed E-state index contributed by atoms with van der Waals surface area (Å²) in [5.41, 5.74) is 1.48. The molecule has 1 aromatic carbocycles. The van der Waals surface area contributed by atoms with Crippen LogP contribution in [0.1, 0.15) is 40.3 Å². The summed E-state index contributed by atoms with van der Waals surface area (Å²) in [4.78, 5) is 16.6. The molecule has 6 nitrogen and oxygen atoms in total. The molecule has 1 amide bonds. The average molecular weight is 391 g/mol. The Morgan fingerprint density at radius 3 is 3.15 bits per heavy atom. The molecule has 1 saturated heterocycles. The van der Waals surface area contributed by atoms with Crippen LogP contribution in [0.2, 0.25) is 0 Å². The lowest BCUT2D eigenvalue weighted by molar-refractivity contribution is 0.0166. The van der Waals surface area contributed by atoms with Gasteiger partial charge in [-0.1, -0.05) is 6.07 Å². The summed E-state index contributed by atoms with van der Waals surface area (Å²) in [6.07, 6.45) is 3.22. The zero-order valence-electron chi connectivity index (χ0n) is 15.6. The number of carbonyl (C=O) groups excluding carboxylic acids is 1. The van der Waals surface area contributed by atoms with Crippen molar-refractivity contribution in [3.05, 3.63) is 45.9 Å². The molecular weight excluding hydrogens is 364 g/mol. The number of thiazole rings is 1. The van der Waals surface area contributed by atoms with Gasteiger partial charge in [-0.3, -0.25) is 4.79 Å². The number of ether oxygens (including phenoxy) is 3. The fourth-order valence-corrected chi connectivity index (χ4v) is 3.43. The fourth-order valence-electron chi connectivity index (χ4n) is 2.83. The highest BCUT2D eigenvalue weighted by molar-refractivity contribution is 7.09. The maximum Gasteiger partial charge on any atom is 0.251 e. The third-order valence-corrected chi connectivity index (χ3v) is 5.05. The van der Waals surface area contributed by atoms with E-state index in [0.29, 0.717) is 37.7 Å². The van der Waals surface area contributed by atoms with Gasteiger partial charge in [0.15, 0.2) is 0 Å². The van der Waals surface area contributed by atoms with Crippen LogP contribution in [0, 0.1) is 6.92 Å². The predicted octanol–water partition coefficient (Wildman–Crippen LogP) is 3.35. The van der Waals surface area contributed by atoms with E-state index < -0.39 is 0 Å². The van der Waals surface area contributed by atoms with Crippen molar-refractivity contribution < 1.29 is 19.0 Å². The van der Waals surface area contributed by atoms with Crippen molar-refractivity contribution in [2.75, 3.05) is 26.4 Å². The quantitative estimate of drug-likeness (QED) is 0.630. The van der Waals surface area contributed by atoms with Crippen LogP contribution in [0.25, 0.3) is 0 Å². The van der Waals surface area contributed by atoms with Gasteiger partial charge in [0, 0.05) is 30.7 Å². The van der Waals surface area contributed by atoms with Crippen LogP contribution in [-0.4, -0.2) is 43.4 Å². The third-order valence-electron chi connectivity index (χ3n) is 4.23. The molecule has 1 unspecified atom stereocenters. The first-order chi connectivity index (χ1) is 13.2. The van der Waals surface area contributed by atoms with E-state index in [4.69, 9.17) is 14.2 Å². The minimum absolute atomic E-state index is 0.107. The molecule has 0 saturated carbocycles. The summed E-state index contributed by atoms with van der Waals surface area (Å²) < 4.78 is 16.8. The molecule has 146 valence electrons. The molecule has 0 spiro atoms. The van der Waals surface area contributed by atoms with E-state index in [1.165, 1.54) is 0 Å². The van der Waals surface area contributed by atoms with Crippen molar-refractivity contribution in [1.29, 1.82) is 0 Å². The monoisotopic (exact) mass is 390 g/mol. The molecule has 1 aliphatic heterocycles. The molecule has 7 heteroatoms. The lowest BCUT2D eigenvalue weighted by Gasteiger charge is -2.10. The second-order valence-corrected chi connectivity index (χ2v) is 7.56. The Bertz CT molecular complexity index is 728. The summed E-state index contributed by atoms with van der Waals surface area (Å²) in [6.45, 7) is 5.05.